The van der Waals surface area contributed by atoms with Crippen LogP contribution in [0.15, 0.2) is 66.9 Å². The summed E-state index contributed by atoms with van der Waals surface area (Å²) in [7, 11) is 0. The highest BCUT2D eigenvalue weighted by Crippen LogP contribution is 2.41. The van der Waals surface area contributed by atoms with Crippen molar-refractivity contribution in [3.8, 4) is 0 Å². The number of carboxylic acids is 1. The Labute approximate surface area is 200 Å². The van der Waals surface area contributed by atoms with Crippen LogP contribution < -0.4 is 0 Å². The van der Waals surface area contributed by atoms with Crippen molar-refractivity contribution in [2.24, 2.45) is 0 Å². The molecule has 0 bridgehead atoms. The number of halogens is 3. The van der Waals surface area contributed by atoms with E-state index in [4.69, 9.17) is 28.3 Å². The van der Waals surface area contributed by atoms with E-state index in [0.29, 0.717) is 22.0 Å². The summed E-state index contributed by atoms with van der Waals surface area (Å²) in [5, 5.41) is 17.5. The molecule has 0 aliphatic rings. The highest BCUT2D eigenvalue weighted by molar-refractivity contribution is 6.38. The number of allylic oxidation sites excluding steroid dienone is 1. The Morgan fingerprint density at radius 3 is 2.48 bits per heavy atom. The zero-order valence-electron chi connectivity index (χ0n) is 17.6. The maximum Gasteiger partial charge on any atom is 0.328 e. The van der Waals surface area contributed by atoms with Crippen molar-refractivity contribution in [2.75, 3.05) is 0 Å². The van der Waals surface area contributed by atoms with Crippen LogP contribution >= 0.6 is 23.2 Å². The van der Waals surface area contributed by atoms with Crippen molar-refractivity contribution in [2.45, 2.75) is 13.3 Å². The third-order valence-corrected chi connectivity index (χ3v) is 6.08. The number of nitrogens with one attached hydrogen (secondary N) is 1. The summed E-state index contributed by atoms with van der Waals surface area (Å²) in [4.78, 5) is 10.8. The lowest BCUT2D eigenvalue weighted by atomic mass is 9.87. The van der Waals surface area contributed by atoms with Crippen LogP contribution in [-0.4, -0.2) is 21.3 Å². The van der Waals surface area contributed by atoms with Gasteiger partial charge in [0, 0.05) is 17.0 Å². The number of hydrogen-bond donors (Lipinski definition) is 2. The van der Waals surface area contributed by atoms with Crippen LogP contribution in [0.4, 0.5) is 4.39 Å². The minimum atomic E-state index is -1.01. The maximum atomic E-state index is 13.8. The molecule has 0 spiro atoms. The second-order valence-electron chi connectivity index (χ2n) is 7.38. The Kier molecular flexibility index (Phi) is 6.63. The number of benzene rings is 3. The largest absolute Gasteiger partial charge is 0.478 e. The highest BCUT2D eigenvalue weighted by Gasteiger charge is 2.19. The molecule has 0 radical (unpaired) electrons. The van der Waals surface area contributed by atoms with Crippen molar-refractivity contribution >= 4 is 57.3 Å². The second-order valence-corrected chi connectivity index (χ2v) is 8.17. The molecule has 4 aromatic rings. The molecular formula is C26H19Cl2FN2O2. The van der Waals surface area contributed by atoms with E-state index in [9.17, 15) is 9.18 Å². The second kappa shape index (κ2) is 9.61. The van der Waals surface area contributed by atoms with Gasteiger partial charge in [0.2, 0.25) is 0 Å². The maximum absolute atomic E-state index is 13.8. The average Bonchev–Trinajstić information content (AvgIpc) is 3.28. The normalized spacial score (nSPS) is 12.4. The number of carboxylic acid groups (broad SMARTS) is 1. The standard InChI is InChI=1S/C26H19Cl2FN2O2/c1-2-18(19-9-8-17(29)13-22(19)27)25(16-6-3-15(4-7-16)5-12-24(32)33)20-10-11-23-21(26(20)28)14-30-31-23/h3-14H,2H2,1H3,(H,30,31)(H,32,33)/b12-5+,25-18?. The Morgan fingerprint density at radius 2 is 1.82 bits per heavy atom. The van der Waals surface area contributed by atoms with Crippen LogP contribution in [0.2, 0.25) is 10.0 Å². The molecule has 33 heavy (non-hydrogen) atoms. The zero-order valence-corrected chi connectivity index (χ0v) is 19.1. The quantitative estimate of drug-likeness (QED) is 0.222. The molecule has 1 heterocycles. The fourth-order valence-electron chi connectivity index (χ4n) is 3.83. The van der Waals surface area contributed by atoms with E-state index in [-0.39, 0.29) is 0 Å². The number of rotatable bonds is 6. The number of aliphatic carboxylic acids is 1. The molecule has 4 rings (SSSR count). The number of nitrogens with zero attached hydrogens (tertiary/aromatic N) is 1. The van der Waals surface area contributed by atoms with Crippen molar-refractivity contribution in [1.82, 2.24) is 10.2 Å². The first-order chi connectivity index (χ1) is 15.9. The van der Waals surface area contributed by atoms with Crippen molar-refractivity contribution < 1.29 is 14.3 Å². The highest BCUT2D eigenvalue weighted by atomic mass is 35.5. The van der Waals surface area contributed by atoms with Gasteiger partial charge in [-0.15, -0.1) is 0 Å². The lowest BCUT2D eigenvalue weighted by molar-refractivity contribution is -0.131. The molecule has 4 nitrogen and oxygen atoms in total. The van der Waals surface area contributed by atoms with E-state index in [2.05, 4.69) is 10.2 Å². The molecule has 2 N–H and O–H groups in total. The molecule has 0 aliphatic heterocycles. The van der Waals surface area contributed by atoms with Gasteiger partial charge < -0.3 is 5.11 Å². The van der Waals surface area contributed by atoms with Crippen LogP contribution in [0.1, 0.15) is 35.6 Å². The number of H-pyrrole nitrogens is 1. The summed E-state index contributed by atoms with van der Waals surface area (Å²) in [6, 6.07) is 15.7. The van der Waals surface area contributed by atoms with Gasteiger partial charge in [0.05, 0.1) is 21.8 Å². The topological polar surface area (TPSA) is 66.0 Å². The SMILES string of the molecule is CCC(=C(c1ccc(/C=C/C(=O)O)cc1)c1ccc2[nH]ncc2c1Cl)c1ccc(F)cc1Cl. The van der Waals surface area contributed by atoms with Crippen LogP contribution in [0, 0.1) is 5.82 Å². The average molecular weight is 481 g/mol. The molecule has 0 unspecified atom stereocenters. The summed E-state index contributed by atoms with van der Waals surface area (Å²) >= 11 is 13.3. The Balaban J connectivity index is 1.98. The third kappa shape index (κ3) is 4.70. The monoisotopic (exact) mass is 480 g/mol. The number of aromatic nitrogens is 2. The van der Waals surface area contributed by atoms with Crippen LogP contribution in [-0.2, 0) is 4.79 Å². The third-order valence-electron chi connectivity index (χ3n) is 5.36. The fraction of sp³-hybridized carbons (Fsp3) is 0.0769. The van der Waals surface area contributed by atoms with Crippen LogP contribution in [0.3, 0.4) is 0 Å². The van der Waals surface area contributed by atoms with Crippen molar-refractivity contribution in [3.63, 3.8) is 0 Å². The number of aromatic amines is 1. The molecule has 0 aliphatic carbocycles. The Bertz CT molecular complexity index is 1410. The summed E-state index contributed by atoms with van der Waals surface area (Å²) in [6.07, 6.45) is 4.90. The van der Waals surface area contributed by atoms with Gasteiger partial charge in [-0.2, -0.15) is 5.10 Å². The van der Waals surface area contributed by atoms with E-state index >= 15 is 0 Å². The number of hydrogen-bond acceptors (Lipinski definition) is 2. The van der Waals surface area contributed by atoms with Gasteiger partial charge in [0.15, 0.2) is 0 Å². The predicted molar refractivity (Wildman–Crippen MR) is 132 cm³/mol. The van der Waals surface area contributed by atoms with Crippen LogP contribution in [0.5, 0.6) is 0 Å². The molecule has 0 amide bonds. The first-order valence-corrected chi connectivity index (χ1v) is 11.0. The summed E-state index contributed by atoms with van der Waals surface area (Å²) in [5.41, 5.74) is 5.69. The van der Waals surface area contributed by atoms with E-state index in [1.807, 2.05) is 43.3 Å². The van der Waals surface area contributed by atoms with Gasteiger partial charge in [-0.3, -0.25) is 5.10 Å². The molecule has 7 heteroatoms. The first-order valence-electron chi connectivity index (χ1n) is 10.2. The molecule has 0 saturated carbocycles. The molecule has 0 saturated heterocycles. The lowest BCUT2D eigenvalue weighted by Crippen LogP contribution is -1.97. The van der Waals surface area contributed by atoms with Gasteiger partial charge in [-0.1, -0.05) is 66.5 Å². The van der Waals surface area contributed by atoms with Crippen molar-refractivity contribution in [3.05, 3.63) is 105 Å². The molecule has 1 aromatic heterocycles. The van der Waals surface area contributed by atoms with Gasteiger partial charge in [0.1, 0.15) is 5.82 Å². The van der Waals surface area contributed by atoms with Gasteiger partial charge >= 0.3 is 5.97 Å². The summed E-state index contributed by atoms with van der Waals surface area (Å²) < 4.78 is 13.8. The van der Waals surface area contributed by atoms with E-state index in [1.54, 1.807) is 12.3 Å². The van der Waals surface area contributed by atoms with E-state index in [0.717, 1.165) is 44.8 Å². The predicted octanol–water partition coefficient (Wildman–Crippen LogP) is 7.48. The minimum absolute atomic E-state index is 0.311. The van der Waals surface area contributed by atoms with E-state index < -0.39 is 11.8 Å². The van der Waals surface area contributed by atoms with Crippen molar-refractivity contribution in [1.29, 1.82) is 0 Å². The molecular weight excluding hydrogens is 462 g/mol. The van der Waals surface area contributed by atoms with Crippen LogP contribution in [0.25, 0.3) is 28.1 Å². The number of fused-ring (bicyclic) bond motifs is 1. The molecule has 0 fully saturated rings. The van der Waals surface area contributed by atoms with Gasteiger partial charge in [0.25, 0.3) is 0 Å². The summed E-state index contributed by atoms with van der Waals surface area (Å²) in [6.45, 7) is 2.00. The molecule has 0 atom stereocenters. The minimum Gasteiger partial charge on any atom is -0.478 e. The molecule has 166 valence electrons. The zero-order chi connectivity index (χ0) is 23.5. The summed E-state index contributed by atoms with van der Waals surface area (Å²) in [5.74, 6) is -1.42. The smallest absolute Gasteiger partial charge is 0.328 e. The fourth-order valence-corrected chi connectivity index (χ4v) is 4.42. The van der Waals surface area contributed by atoms with Gasteiger partial charge in [-0.25, -0.2) is 9.18 Å². The lowest BCUT2D eigenvalue weighted by Gasteiger charge is -2.19. The molecule has 3 aromatic carbocycles. The van der Waals surface area contributed by atoms with E-state index in [1.165, 1.54) is 18.2 Å². The Hall–Kier alpha value is -3.41. The van der Waals surface area contributed by atoms with Gasteiger partial charge in [-0.05, 0) is 58.5 Å². The number of carbonyl (C=O) groups is 1. The Morgan fingerprint density at radius 1 is 1.09 bits per heavy atom. The first kappa shape index (κ1) is 22.8.